The van der Waals surface area contributed by atoms with Gasteiger partial charge in [0.2, 0.25) is 0 Å². The van der Waals surface area contributed by atoms with Crippen LogP contribution in [0.2, 0.25) is 0 Å². The molecule has 2 atom stereocenters. The lowest BCUT2D eigenvalue weighted by Crippen LogP contribution is -2.55. The Balaban J connectivity index is 1.95. The lowest BCUT2D eigenvalue weighted by atomic mass is 10.0. The van der Waals surface area contributed by atoms with Crippen LogP contribution < -0.4 is 0 Å². The fourth-order valence-electron chi connectivity index (χ4n) is 3.55. The fraction of sp³-hybridized carbons (Fsp3) is 0.857. The largest absolute Gasteiger partial charge is 0.443 e. The van der Waals surface area contributed by atoms with E-state index >= 15 is 0 Å². The molecule has 3 aliphatic rings. The summed E-state index contributed by atoms with van der Waals surface area (Å²) in [5, 5.41) is 0. The highest BCUT2D eigenvalue weighted by molar-refractivity contribution is 6.01. The summed E-state index contributed by atoms with van der Waals surface area (Å²) in [6.07, 6.45) is 0.947. The minimum absolute atomic E-state index is 0.330. The van der Waals surface area contributed by atoms with Crippen LogP contribution in [-0.4, -0.2) is 39.6 Å². The first-order valence-electron chi connectivity index (χ1n) is 6.97. The summed E-state index contributed by atoms with van der Waals surface area (Å²) in [4.78, 5) is 26.1. The van der Waals surface area contributed by atoms with Crippen molar-refractivity contribution in [3.63, 3.8) is 0 Å². The van der Waals surface area contributed by atoms with E-state index in [1.54, 1.807) is 34.6 Å². The van der Waals surface area contributed by atoms with Crippen molar-refractivity contribution in [2.75, 3.05) is 0 Å². The molecule has 20 heavy (non-hydrogen) atoms. The van der Waals surface area contributed by atoms with Crippen LogP contribution in [-0.2, 0) is 19.0 Å². The first kappa shape index (κ1) is 13.8. The van der Waals surface area contributed by atoms with Crippen LogP contribution in [0.3, 0.4) is 0 Å². The molecule has 0 spiro atoms. The third-order valence-electron chi connectivity index (χ3n) is 3.93. The molecule has 0 aromatic carbocycles. The molecule has 3 fully saturated rings. The molecule has 0 aromatic rings. The molecule has 6 heteroatoms. The maximum Gasteiger partial charge on any atom is 0.419 e. The van der Waals surface area contributed by atoms with E-state index < -0.39 is 28.8 Å². The van der Waals surface area contributed by atoms with Gasteiger partial charge < -0.3 is 14.2 Å². The van der Waals surface area contributed by atoms with E-state index in [2.05, 4.69) is 0 Å². The second-order valence-electron chi connectivity index (χ2n) is 7.34. The quantitative estimate of drug-likeness (QED) is 0.681. The predicted molar refractivity (Wildman–Crippen MR) is 68.6 cm³/mol. The normalized spacial score (nSPS) is 38.2. The van der Waals surface area contributed by atoms with E-state index in [4.69, 9.17) is 14.2 Å². The van der Waals surface area contributed by atoms with Crippen LogP contribution in [0.5, 0.6) is 0 Å². The molecule has 1 aliphatic carbocycles. The zero-order valence-electron chi connectivity index (χ0n) is 12.6. The Bertz CT molecular complexity index is 494. The Morgan fingerprint density at radius 2 is 1.90 bits per heavy atom. The highest BCUT2D eigenvalue weighted by Crippen LogP contribution is 2.59. The van der Waals surface area contributed by atoms with Crippen molar-refractivity contribution in [3.8, 4) is 0 Å². The van der Waals surface area contributed by atoms with E-state index in [1.165, 1.54) is 0 Å². The molecule has 2 bridgehead atoms. The molecule has 0 N–H and O–H groups in total. The Morgan fingerprint density at radius 1 is 1.25 bits per heavy atom. The van der Waals surface area contributed by atoms with Crippen molar-refractivity contribution < 1.29 is 23.8 Å². The molecule has 2 unspecified atom stereocenters. The average molecular weight is 283 g/mol. The van der Waals surface area contributed by atoms with Gasteiger partial charge in [0.15, 0.2) is 17.1 Å². The third kappa shape index (κ3) is 1.78. The molecule has 6 nitrogen and oxygen atoms in total. The number of hydrogen-bond donors (Lipinski definition) is 0. The maximum atomic E-state index is 12.6. The summed E-state index contributed by atoms with van der Waals surface area (Å²) in [5.41, 5.74) is -2.47. The van der Waals surface area contributed by atoms with E-state index in [1.807, 2.05) is 0 Å². The van der Waals surface area contributed by atoms with Gasteiger partial charge in [-0.05, 0) is 47.5 Å². The molecular weight excluding hydrogens is 262 g/mol. The summed E-state index contributed by atoms with van der Waals surface area (Å²) in [7, 11) is 0. The Labute approximate surface area is 118 Å². The SMILES string of the molecule is CC(C)(C)OC(=O)N1C(=O)C23CCC1(C2)OC(C)(C)O3. The summed E-state index contributed by atoms with van der Waals surface area (Å²) in [6, 6.07) is 0. The minimum atomic E-state index is -0.918. The molecule has 112 valence electrons. The monoisotopic (exact) mass is 283 g/mol. The van der Waals surface area contributed by atoms with Crippen molar-refractivity contribution in [1.82, 2.24) is 4.90 Å². The molecule has 2 amide bonds. The van der Waals surface area contributed by atoms with E-state index in [-0.39, 0.29) is 5.91 Å². The number of hydrogen-bond acceptors (Lipinski definition) is 5. The van der Waals surface area contributed by atoms with Gasteiger partial charge in [-0.1, -0.05) is 0 Å². The number of carbonyl (C=O) groups excluding carboxylic acids is 2. The van der Waals surface area contributed by atoms with Gasteiger partial charge in [0.25, 0.3) is 5.91 Å². The molecule has 2 heterocycles. The number of nitrogens with zero attached hydrogens (tertiary/aromatic N) is 1. The smallest absolute Gasteiger partial charge is 0.419 e. The highest BCUT2D eigenvalue weighted by atomic mass is 16.8. The fourth-order valence-corrected chi connectivity index (χ4v) is 3.55. The van der Waals surface area contributed by atoms with E-state index in [0.29, 0.717) is 19.3 Å². The minimum Gasteiger partial charge on any atom is -0.443 e. The molecule has 0 aromatic heterocycles. The Morgan fingerprint density at radius 3 is 2.50 bits per heavy atom. The first-order chi connectivity index (χ1) is 8.99. The van der Waals surface area contributed by atoms with Crippen LogP contribution in [0.4, 0.5) is 4.79 Å². The highest BCUT2D eigenvalue weighted by Gasteiger charge is 2.74. The van der Waals surface area contributed by atoms with Crippen molar-refractivity contribution >= 4 is 12.0 Å². The number of carbonyl (C=O) groups is 2. The van der Waals surface area contributed by atoms with Gasteiger partial charge in [-0.25, -0.2) is 9.69 Å². The van der Waals surface area contributed by atoms with Crippen molar-refractivity contribution in [1.29, 1.82) is 0 Å². The van der Waals surface area contributed by atoms with Crippen LogP contribution in [0.25, 0.3) is 0 Å². The number of piperidine rings is 1. The lowest BCUT2D eigenvalue weighted by molar-refractivity contribution is -0.327. The van der Waals surface area contributed by atoms with Gasteiger partial charge >= 0.3 is 6.09 Å². The second-order valence-corrected chi connectivity index (χ2v) is 7.34. The van der Waals surface area contributed by atoms with Crippen LogP contribution in [0.15, 0.2) is 0 Å². The van der Waals surface area contributed by atoms with Gasteiger partial charge in [-0.2, -0.15) is 0 Å². The first-order valence-corrected chi connectivity index (χ1v) is 6.97. The van der Waals surface area contributed by atoms with E-state index in [0.717, 1.165) is 4.90 Å². The topological polar surface area (TPSA) is 65.1 Å². The molecule has 2 saturated heterocycles. The maximum absolute atomic E-state index is 12.6. The zero-order valence-corrected chi connectivity index (χ0v) is 12.6. The standard InChI is InChI=1S/C14H21NO5/c1-11(2,3)18-10(17)15-9(16)13-6-7-14(15,8-13)20-12(4,5)19-13/h6-8H2,1-5H3. The Hall–Kier alpha value is -1.14. The predicted octanol–water partition coefficient (Wildman–Crippen LogP) is 2.17. The lowest BCUT2D eigenvalue weighted by Gasteiger charge is -2.41. The number of likely N-dealkylation sites (tertiary alicyclic amines) is 1. The van der Waals surface area contributed by atoms with Gasteiger partial charge in [0.1, 0.15) is 5.60 Å². The van der Waals surface area contributed by atoms with Crippen LogP contribution >= 0.6 is 0 Å². The summed E-state index contributed by atoms with van der Waals surface area (Å²) < 4.78 is 17.1. The van der Waals surface area contributed by atoms with Crippen molar-refractivity contribution in [3.05, 3.63) is 0 Å². The number of amides is 2. The molecular formula is C14H21NO5. The van der Waals surface area contributed by atoms with Crippen molar-refractivity contribution in [2.24, 2.45) is 0 Å². The van der Waals surface area contributed by atoms with Crippen molar-refractivity contribution in [2.45, 2.75) is 76.6 Å². The number of ether oxygens (including phenoxy) is 3. The van der Waals surface area contributed by atoms with E-state index in [9.17, 15) is 9.59 Å². The van der Waals surface area contributed by atoms with Gasteiger partial charge in [0.05, 0.1) is 0 Å². The average Bonchev–Trinajstić information content (AvgIpc) is 2.56. The molecule has 3 rings (SSSR count). The van der Waals surface area contributed by atoms with Gasteiger partial charge in [-0.15, -0.1) is 0 Å². The van der Waals surface area contributed by atoms with Crippen LogP contribution in [0, 0.1) is 0 Å². The summed E-state index contributed by atoms with van der Waals surface area (Å²) >= 11 is 0. The number of rotatable bonds is 0. The van der Waals surface area contributed by atoms with Gasteiger partial charge in [0, 0.05) is 6.42 Å². The number of imide groups is 1. The molecule has 1 saturated carbocycles. The van der Waals surface area contributed by atoms with Gasteiger partial charge in [-0.3, -0.25) is 4.79 Å². The zero-order chi connectivity index (χ0) is 15.0. The molecule has 0 radical (unpaired) electrons. The second kappa shape index (κ2) is 3.54. The summed E-state index contributed by atoms with van der Waals surface area (Å²) in [6.45, 7) is 8.85. The van der Waals surface area contributed by atoms with Crippen LogP contribution in [0.1, 0.15) is 53.9 Å². The Kier molecular flexibility index (Phi) is 2.45. The molecule has 2 aliphatic heterocycles. The third-order valence-corrected chi connectivity index (χ3v) is 3.93. The summed E-state index contributed by atoms with van der Waals surface area (Å²) in [5.74, 6) is -1.20.